The summed E-state index contributed by atoms with van der Waals surface area (Å²) >= 11 is 0. The maximum absolute atomic E-state index is 12.6. The molecule has 4 nitrogen and oxygen atoms in total. The average Bonchev–Trinajstić information content (AvgIpc) is 2.79. The highest BCUT2D eigenvalue weighted by Gasteiger charge is 2.31. The lowest BCUT2D eigenvalue weighted by atomic mass is 10.1. The van der Waals surface area contributed by atoms with Gasteiger partial charge >= 0.3 is 0 Å². The van der Waals surface area contributed by atoms with Crippen LogP contribution >= 0.6 is 16.8 Å². The zero-order valence-corrected chi connectivity index (χ0v) is 25.8. The summed E-state index contributed by atoms with van der Waals surface area (Å²) in [7, 11) is 6.61. The van der Waals surface area contributed by atoms with E-state index in [1.54, 1.807) is 0 Å². The lowest BCUT2D eigenvalue weighted by Gasteiger charge is -2.35. The number of unbranched alkanes of at least 4 members (excludes halogenated alkanes) is 16. The summed E-state index contributed by atoms with van der Waals surface area (Å²) in [6.07, 6.45) is 23.5. The number of quaternary nitrogens is 1. The molecule has 0 saturated heterocycles. The van der Waals surface area contributed by atoms with E-state index in [0.717, 1.165) is 25.7 Å². The fraction of sp³-hybridized carbons (Fsp3) is 0.931. The first-order valence-electron chi connectivity index (χ1n) is 14.7. The predicted molar refractivity (Wildman–Crippen MR) is 157 cm³/mol. The Balaban J connectivity index is 4.22. The van der Waals surface area contributed by atoms with Crippen LogP contribution in [0.2, 0.25) is 0 Å². The molecule has 0 fully saturated rings. The van der Waals surface area contributed by atoms with Gasteiger partial charge in [0.05, 0.1) is 21.1 Å². The molecule has 0 aliphatic rings. The van der Waals surface area contributed by atoms with Gasteiger partial charge in [-0.3, -0.25) is 4.79 Å². The zero-order chi connectivity index (χ0) is 26.4. The molecule has 0 aromatic heterocycles. The number of rotatable bonds is 25. The number of carbonyl (C=O) groups is 1. The van der Waals surface area contributed by atoms with Crippen LogP contribution < -0.4 is 5.11 Å². The van der Waals surface area contributed by atoms with Crippen molar-refractivity contribution in [1.29, 1.82) is 0 Å². The van der Waals surface area contributed by atoms with Gasteiger partial charge in [-0.05, 0) is 21.4 Å². The number of hydrogen-bond acceptors (Lipinski definition) is 3. The topological polar surface area (TPSA) is 60.4 Å². The Kier molecular flexibility index (Phi) is 23.4. The van der Waals surface area contributed by atoms with E-state index in [1.165, 1.54) is 89.9 Å². The molecule has 0 aliphatic heterocycles. The molecule has 3 atom stereocenters. The van der Waals surface area contributed by atoms with E-state index >= 15 is 0 Å². The van der Waals surface area contributed by atoms with E-state index in [2.05, 4.69) is 13.8 Å². The molecule has 0 rings (SSSR count). The first-order valence-corrected chi connectivity index (χ1v) is 16.8. The second kappa shape index (κ2) is 23.3. The van der Waals surface area contributed by atoms with E-state index in [1.807, 2.05) is 21.1 Å². The molecule has 0 radical (unpaired) electrons. The van der Waals surface area contributed by atoms with Crippen LogP contribution in [-0.4, -0.2) is 53.4 Å². The molecule has 0 amide bonds. The Labute approximate surface area is 222 Å². The molecule has 0 aliphatic carbocycles. The Hall–Kier alpha value is 0.150. The second-order valence-corrected chi connectivity index (χ2v) is 13.9. The molecular weight excluding hydrogens is 472 g/mol. The van der Waals surface area contributed by atoms with Crippen LogP contribution in [0.4, 0.5) is 0 Å². The quantitative estimate of drug-likeness (QED) is 0.0742. The normalized spacial score (nSPS) is 14.7. The van der Waals surface area contributed by atoms with Gasteiger partial charge in [0.1, 0.15) is 5.85 Å². The van der Waals surface area contributed by atoms with Gasteiger partial charge in [0.15, 0.2) is 11.3 Å². The van der Waals surface area contributed by atoms with Crippen molar-refractivity contribution < 1.29 is 19.5 Å². The van der Waals surface area contributed by atoms with Crippen molar-refractivity contribution >= 4 is 27.8 Å². The van der Waals surface area contributed by atoms with Gasteiger partial charge in [-0.2, -0.15) is 0 Å². The van der Waals surface area contributed by atoms with Gasteiger partial charge in [0.25, 0.3) is 0 Å². The van der Waals surface area contributed by atoms with Crippen LogP contribution in [0.15, 0.2) is 0 Å². The summed E-state index contributed by atoms with van der Waals surface area (Å²) in [5, 5.41) is 23.5. The van der Waals surface area contributed by atoms with E-state index in [0.29, 0.717) is 25.5 Å². The van der Waals surface area contributed by atoms with Crippen molar-refractivity contribution in [1.82, 2.24) is 0 Å². The number of likely N-dealkylation sites (N-methyl/N-ethyl adjacent to an activating group) is 1. The van der Waals surface area contributed by atoms with Gasteiger partial charge in [0.2, 0.25) is 0 Å². The van der Waals surface area contributed by atoms with E-state index in [4.69, 9.17) is 0 Å². The summed E-state index contributed by atoms with van der Waals surface area (Å²) < 4.78 is 0.504. The van der Waals surface area contributed by atoms with Crippen molar-refractivity contribution in [2.24, 2.45) is 0 Å². The molecule has 0 aromatic carbocycles. The van der Waals surface area contributed by atoms with Crippen LogP contribution in [0.1, 0.15) is 142 Å². The summed E-state index contributed by atoms with van der Waals surface area (Å²) in [6.45, 7) is 4.49. The maximum Gasteiger partial charge on any atom is 0.158 e. The van der Waals surface area contributed by atoms with Gasteiger partial charge in [-0.1, -0.05) is 131 Å². The van der Waals surface area contributed by atoms with Gasteiger partial charge in [0, 0.05) is 6.42 Å². The van der Waals surface area contributed by atoms with Gasteiger partial charge in [-0.25, -0.2) is 0 Å². The number of aliphatic hydroxyl groups is 1. The monoisotopic (exact) mass is 531 g/mol. The van der Waals surface area contributed by atoms with Crippen molar-refractivity contribution in [2.45, 2.75) is 154 Å². The molecule has 208 valence electrons. The smallest absolute Gasteiger partial charge is 0.158 e. The zero-order valence-electron chi connectivity index (χ0n) is 24.0. The largest absolute Gasteiger partial charge is 0.827 e. The van der Waals surface area contributed by atoms with Crippen LogP contribution in [0.3, 0.4) is 0 Å². The van der Waals surface area contributed by atoms with Gasteiger partial charge in [-0.15, -0.1) is 5.48 Å². The minimum Gasteiger partial charge on any atom is -0.827 e. The molecule has 0 bridgehead atoms. The highest BCUT2D eigenvalue weighted by molar-refractivity contribution is 7.59. The van der Waals surface area contributed by atoms with E-state index in [-0.39, 0.29) is 25.4 Å². The third-order valence-electron chi connectivity index (χ3n) is 6.66. The summed E-state index contributed by atoms with van der Waals surface area (Å²) in [5.41, 5.74) is 0.377. The highest BCUT2D eigenvalue weighted by Crippen LogP contribution is 2.33. The summed E-state index contributed by atoms with van der Waals surface area (Å²) in [6, 6.07) is 0. The van der Waals surface area contributed by atoms with Crippen molar-refractivity contribution in [3.63, 3.8) is 0 Å². The van der Waals surface area contributed by atoms with E-state index in [9.17, 15) is 15.0 Å². The summed E-state index contributed by atoms with van der Waals surface area (Å²) in [5.74, 6) is -0.957. The van der Waals surface area contributed by atoms with E-state index < -0.39 is 5.85 Å². The Bertz CT molecular complexity index is 535. The maximum atomic E-state index is 12.6. The molecule has 35 heavy (non-hydrogen) atoms. The summed E-state index contributed by atoms with van der Waals surface area (Å²) in [4.78, 5) is 12.5. The van der Waals surface area contributed by atoms with Crippen LogP contribution in [-0.2, 0) is 4.79 Å². The number of carbonyl (C=O) groups excluding carboxylic acids is 1. The third-order valence-corrected chi connectivity index (χ3v) is 9.88. The fourth-order valence-corrected chi connectivity index (χ4v) is 7.14. The van der Waals surface area contributed by atoms with Gasteiger partial charge < -0.3 is 14.7 Å². The highest BCUT2D eigenvalue weighted by atomic mass is 31.1. The van der Waals surface area contributed by atoms with Crippen LogP contribution in [0.25, 0.3) is 0 Å². The minimum atomic E-state index is -0.727. The standard InChI is InChI=1S/C29H59NO3P2/c1-6-8-10-12-14-16-18-20-22-24-26(31)34-28(30(3,4)5)29(33)35-27(32)25-23-21-19-17-15-13-11-9-7-2/h28-29,33,35H,6-25H2,1-5H3. The van der Waals surface area contributed by atoms with Crippen molar-refractivity contribution in [3.05, 3.63) is 0 Å². The minimum absolute atomic E-state index is 0.111. The molecule has 0 aromatic rings. The number of hydrogen-bond donors (Lipinski definition) is 1. The lowest BCUT2D eigenvalue weighted by Crippen LogP contribution is -2.48. The molecule has 0 spiro atoms. The number of aliphatic hydroxyl groups excluding tert-OH is 1. The van der Waals surface area contributed by atoms with Crippen molar-refractivity contribution in [2.75, 3.05) is 21.1 Å². The second-order valence-electron chi connectivity index (χ2n) is 11.2. The Morgan fingerprint density at radius 1 is 0.714 bits per heavy atom. The third kappa shape index (κ3) is 21.9. The average molecular weight is 532 g/mol. The van der Waals surface area contributed by atoms with Crippen LogP contribution in [0, 0.1) is 0 Å². The molecule has 0 saturated carbocycles. The SMILES string of the molecule is CCCCCCCCCCCC(=O)PC(O)C(P=C([O-])CCCCCCCCCCC)[N+](C)(C)C. The first kappa shape index (κ1) is 35.2. The van der Waals surface area contributed by atoms with Crippen LogP contribution in [0.5, 0.6) is 0 Å². The first-order chi connectivity index (χ1) is 16.7. The Morgan fingerprint density at radius 2 is 1.09 bits per heavy atom. The fourth-order valence-electron chi connectivity index (χ4n) is 4.37. The van der Waals surface area contributed by atoms with Crippen molar-refractivity contribution in [3.8, 4) is 0 Å². The number of nitrogens with zero attached hydrogens (tertiary/aromatic N) is 1. The molecule has 0 heterocycles. The Morgan fingerprint density at radius 3 is 1.49 bits per heavy atom. The molecule has 6 heteroatoms. The molecule has 1 N–H and O–H groups in total. The molecular formula is C29H59NO3P2. The predicted octanol–water partition coefficient (Wildman–Crippen LogP) is 7.82. The molecule has 3 unspecified atom stereocenters. The lowest BCUT2D eigenvalue weighted by molar-refractivity contribution is -0.882.